The molecule has 0 aliphatic rings. The molecule has 0 heterocycles. The standard InChI is InChI=1S/C13H19ClN2O/c1-4-5-10(3)15-13(17)16-11-7-6-9(2)12(14)8-11/h6-8,10H,4-5H2,1-3H3,(H2,15,16,17). The van der Waals surface area contributed by atoms with Gasteiger partial charge in [-0.2, -0.15) is 0 Å². The van der Waals surface area contributed by atoms with Gasteiger partial charge in [-0.1, -0.05) is 31.0 Å². The van der Waals surface area contributed by atoms with Crippen LogP contribution in [0.2, 0.25) is 5.02 Å². The molecule has 1 atom stereocenters. The van der Waals surface area contributed by atoms with Crippen molar-refractivity contribution in [2.75, 3.05) is 5.32 Å². The molecule has 0 bridgehead atoms. The number of urea groups is 1. The molecule has 2 amide bonds. The largest absolute Gasteiger partial charge is 0.335 e. The molecule has 1 aromatic carbocycles. The minimum Gasteiger partial charge on any atom is -0.335 e. The quantitative estimate of drug-likeness (QED) is 0.839. The van der Waals surface area contributed by atoms with Crippen molar-refractivity contribution in [3.63, 3.8) is 0 Å². The monoisotopic (exact) mass is 254 g/mol. The van der Waals surface area contributed by atoms with Gasteiger partial charge in [0.25, 0.3) is 0 Å². The molecule has 0 radical (unpaired) electrons. The zero-order valence-corrected chi connectivity index (χ0v) is 11.3. The van der Waals surface area contributed by atoms with E-state index >= 15 is 0 Å². The van der Waals surface area contributed by atoms with Crippen LogP contribution in [0.4, 0.5) is 10.5 Å². The van der Waals surface area contributed by atoms with Crippen LogP contribution in [0, 0.1) is 6.92 Å². The molecule has 1 aromatic rings. The van der Waals surface area contributed by atoms with Gasteiger partial charge in [0, 0.05) is 16.8 Å². The van der Waals surface area contributed by atoms with Crippen LogP contribution in [0.15, 0.2) is 18.2 Å². The highest BCUT2D eigenvalue weighted by Crippen LogP contribution is 2.19. The zero-order valence-electron chi connectivity index (χ0n) is 10.5. The third-order valence-electron chi connectivity index (χ3n) is 2.53. The van der Waals surface area contributed by atoms with Crippen molar-refractivity contribution in [3.05, 3.63) is 28.8 Å². The maximum Gasteiger partial charge on any atom is 0.319 e. The Hall–Kier alpha value is -1.22. The Morgan fingerprint density at radius 1 is 1.47 bits per heavy atom. The van der Waals surface area contributed by atoms with E-state index in [1.165, 1.54) is 0 Å². The lowest BCUT2D eigenvalue weighted by molar-refractivity contribution is 0.248. The lowest BCUT2D eigenvalue weighted by atomic mass is 10.2. The number of hydrogen-bond donors (Lipinski definition) is 2. The van der Waals surface area contributed by atoms with Gasteiger partial charge in [-0.25, -0.2) is 4.79 Å². The van der Waals surface area contributed by atoms with Crippen molar-refractivity contribution in [2.45, 2.75) is 39.7 Å². The molecule has 0 aliphatic carbocycles. The van der Waals surface area contributed by atoms with Crippen molar-refractivity contribution in [2.24, 2.45) is 0 Å². The van der Waals surface area contributed by atoms with E-state index in [0.29, 0.717) is 10.7 Å². The number of anilines is 1. The second-order valence-electron chi connectivity index (χ2n) is 4.25. The van der Waals surface area contributed by atoms with E-state index < -0.39 is 0 Å². The van der Waals surface area contributed by atoms with Gasteiger partial charge in [0.15, 0.2) is 0 Å². The van der Waals surface area contributed by atoms with E-state index in [2.05, 4.69) is 17.6 Å². The number of hydrogen-bond acceptors (Lipinski definition) is 1. The van der Waals surface area contributed by atoms with Crippen molar-refractivity contribution in [1.82, 2.24) is 5.32 Å². The third kappa shape index (κ3) is 4.65. The van der Waals surface area contributed by atoms with Gasteiger partial charge >= 0.3 is 6.03 Å². The smallest absolute Gasteiger partial charge is 0.319 e. The molecule has 3 nitrogen and oxygen atoms in total. The Morgan fingerprint density at radius 3 is 2.76 bits per heavy atom. The number of benzene rings is 1. The van der Waals surface area contributed by atoms with E-state index in [1.54, 1.807) is 6.07 Å². The number of aryl methyl sites for hydroxylation is 1. The Labute approximate surface area is 108 Å². The van der Waals surface area contributed by atoms with E-state index in [0.717, 1.165) is 18.4 Å². The van der Waals surface area contributed by atoms with Gasteiger partial charge in [0.05, 0.1) is 0 Å². The SMILES string of the molecule is CCCC(C)NC(=O)Nc1ccc(C)c(Cl)c1. The van der Waals surface area contributed by atoms with Gasteiger partial charge in [0.1, 0.15) is 0 Å². The summed E-state index contributed by atoms with van der Waals surface area (Å²) in [5.74, 6) is 0. The van der Waals surface area contributed by atoms with Crippen LogP contribution in [0.3, 0.4) is 0 Å². The summed E-state index contributed by atoms with van der Waals surface area (Å²) in [5.41, 5.74) is 1.71. The topological polar surface area (TPSA) is 41.1 Å². The first-order chi connectivity index (χ1) is 8.02. The first-order valence-electron chi connectivity index (χ1n) is 5.86. The second-order valence-corrected chi connectivity index (χ2v) is 4.66. The summed E-state index contributed by atoms with van der Waals surface area (Å²) in [6.45, 7) is 6.01. The average molecular weight is 255 g/mol. The summed E-state index contributed by atoms with van der Waals surface area (Å²) in [6, 6.07) is 5.46. The zero-order chi connectivity index (χ0) is 12.8. The predicted molar refractivity (Wildman–Crippen MR) is 72.7 cm³/mol. The highest BCUT2D eigenvalue weighted by molar-refractivity contribution is 6.31. The molecule has 0 saturated heterocycles. The first-order valence-corrected chi connectivity index (χ1v) is 6.24. The fourth-order valence-corrected chi connectivity index (χ4v) is 1.75. The van der Waals surface area contributed by atoms with Crippen LogP contribution in [0.1, 0.15) is 32.3 Å². The van der Waals surface area contributed by atoms with Crippen LogP contribution in [0.5, 0.6) is 0 Å². The molecule has 0 fully saturated rings. The van der Waals surface area contributed by atoms with Crippen molar-refractivity contribution >= 4 is 23.3 Å². The van der Waals surface area contributed by atoms with Crippen LogP contribution < -0.4 is 10.6 Å². The molecule has 0 saturated carbocycles. The summed E-state index contributed by atoms with van der Waals surface area (Å²) in [7, 11) is 0. The van der Waals surface area contributed by atoms with Gasteiger partial charge in [-0.05, 0) is 38.0 Å². The predicted octanol–water partition coefficient (Wildman–Crippen LogP) is 3.96. The van der Waals surface area contributed by atoms with Crippen LogP contribution >= 0.6 is 11.6 Å². The molecule has 17 heavy (non-hydrogen) atoms. The van der Waals surface area contributed by atoms with Crippen LogP contribution in [0.25, 0.3) is 0 Å². The van der Waals surface area contributed by atoms with Crippen molar-refractivity contribution in [1.29, 1.82) is 0 Å². The molecule has 94 valence electrons. The molecule has 0 aromatic heterocycles. The molecule has 2 N–H and O–H groups in total. The number of amides is 2. The van der Waals surface area contributed by atoms with E-state index in [4.69, 9.17) is 11.6 Å². The molecule has 1 unspecified atom stereocenters. The summed E-state index contributed by atoms with van der Waals surface area (Å²) in [4.78, 5) is 11.6. The fourth-order valence-electron chi connectivity index (χ4n) is 1.57. The van der Waals surface area contributed by atoms with Crippen LogP contribution in [-0.4, -0.2) is 12.1 Å². The van der Waals surface area contributed by atoms with Crippen molar-refractivity contribution < 1.29 is 4.79 Å². The summed E-state index contributed by atoms with van der Waals surface area (Å²) in [6.07, 6.45) is 2.03. The molecule has 4 heteroatoms. The summed E-state index contributed by atoms with van der Waals surface area (Å²) < 4.78 is 0. The van der Waals surface area contributed by atoms with E-state index in [1.807, 2.05) is 26.0 Å². The molecule has 0 spiro atoms. The number of halogens is 1. The van der Waals surface area contributed by atoms with E-state index in [-0.39, 0.29) is 12.1 Å². The molecule has 1 rings (SSSR count). The third-order valence-corrected chi connectivity index (χ3v) is 2.94. The molecular weight excluding hydrogens is 236 g/mol. The Morgan fingerprint density at radius 2 is 2.18 bits per heavy atom. The lowest BCUT2D eigenvalue weighted by Crippen LogP contribution is -2.35. The molecular formula is C13H19ClN2O. The Balaban J connectivity index is 2.53. The first kappa shape index (κ1) is 13.8. The highest BCUT2D eigenvalue weighted by atomic mass is 35.5. The van der Waals surface area contributed by atoms with Crippen molar-refractivity contribution in [3.8, 4) is 0 Å². The summed E-state index contributed by atoms with van der Waals surface area (Å²) >= 11 is 5.98. The maximum absolute atomic E-state index is 11.6. The minimum atomic E-state index is -0.189. The van der Waals surface area contributed by atoms with Gasteiger partial charge in [-0.15, -0.1) is 0 Å². The number of carbonyl (C=O) groups is 1. The second kappa shape index (κ2) is 6.50. The van der Waals surface area contributed by atoms with Gasteiger partial charge in [0.2, 0.25) is 0 Å². The highest BCUT2D eigenvalue weighted by Gasteiger charge is 2.06. The van der Waals surface area contributed by atoms with Gasteiger partial charge < -0.3 is 10.6 Å². The Kier molecular flexibility index (Phi) is 5.29. The maximum atomic E-state index is 11.6. The number of rotatable bonds is 4. The number of carbonyl (C=O) groups excluding carboxylic acids is 1. The summed E-state index contributed by atoms with van der Waals surface area (Å²) in [5, 5.41) is 6.29. The van der Waals surface area contributed by atoms with E-state index in [9.17, 15) is 4.79 Å². The Bertz CT molecular complexity index is 393. The average Bonchev–Trinajstić information content (AvgIpc) is 2.23. The fraction of sp³-hybridized carbons (Fsp3) is 0.462. The normalized spacial score (nSPS) is 12.0. The molecule has 0 aliphatic heterocycles. The minimum absolute atomic E-state index is 0.181. The lowest BCUT2D eigenvalue weighted by Gasteiger charge is -2.14. The number of nitrogens with one attached hydrogen (secondary N) is 2. The van der Waals surface area contributed by atoms with Gasteiger partial charge in [-0.3, -0.25) is 0 Å². The van der Waals surface area contributed by atoms with Crippen LogP contribution in [-0.2, 0) is 0 Å².